The van der Waals surface area contributed by atoms with Crippen LogP contribution in [0.1, 0.15) is 98.1 Å². The summed E-state index contributed by atoms with van der Waals surface area (Å²) in [6, 6.07) is 22.5. The number of carbonyl (C=O) groups is 2. The van der Waals surface area contributed by atoms with Gasteiger partial charge in [0, 0.05) is 34.5 Å². The predicted octanol–water partition coefficient (Wildman–Crippen LogP) is 7.99. The molecule has 3 aliphatic carbocycles. The van der Waals surface area contributed by atoms with E-state index < -0.39 is 5.60 Å². The first-order valence-corrected chi connectivity index (χ1v) is 18.9. The minimum Gasteiger partial charge on any atom is -0.445 e. The maximum atomic E-state index is 13.3. The third kappa shape index (κ3) is 5.92. The molecule has 2 unspecified atom stereocenters. The van der Waals surface area contributed by atoms with Crippen molar-refractivity contribution in [2.24, 2.45) is 11.8 Å². The predicted molar refractivity (Wildman–Crippen MR) is 199 cm³/mol. The fourth-order valence-electron chi connectivity index (χ4n) is 8.80. The van der Waals surface area contributed by atoms with Crippen molar-refractivity contribution in [1.29, 1.82) is 0 Å². The van der Waals surface area contributed by atoms with Gasteiger partial charge in [-0.2, -0.15) is 0 Å². The number of imidazole rings is 2. The number of likely N-dealkylation sites (tertiary alicyclic amines) is 2. The van der Waals surface area contributed by atoms with Gasteiger partial charge in [0.2, 0.25) is 0 Å². The second kappa shape index (κ2) is 12.0. The molecule has 5 aliphatic rings. The second-order valence-electron chi connectivity index (χ2n) is 16.4. The molecule has 0 radical (unpaired) electrons. The molecule has 4 heterocycles. The number of nitrogens with one attached hydrogen (secondary N) is 2. The molecule has 0 spiro atoms. The van der Waals surface area contributed by atoms with Crippen molar-refractivity contribution in [1.82, 2.24) is 29.7 Å². The van der Waals surface area contributed by atoms with Crippen LogP contribution in [0.4, 0.5) is 9.59 Å². The van der Waals surface area contributed by atoms with Crippen molar-refractivity contribution < 1.29 is 19.1 Å². The van der Waals surface area contributed by atoms with Gasteiger partial charge in [-0.1, -0.05) is 48.2 Å². The number of piperidine rings is 2. The van der Waals surface area contributed by atoms with Crippen LogP contribution < -0.4 is 0 Å². The molecule has 10 rings (SSSR count). The first-order valence-electron chi connectivity index (χ1n) is 18.9. The largest absolute Gasteiger partial charge is 0.445 e. The Morgan fingerprint density at radius 2 is 1.47 bits per heavy atom. The molecule has 6 atom stereocenters. The van der Waals surface area contributed by atoms with E-state index in [2.05, 4.69) is 40.0 Å². The number of hydrogen-bond donors (Lipinski definition) is 2. The van der Waals surface area contributed by atoms with Crippen LogP contribution in [-0.2, 0) is 28.9 Å². The number of hydrogen-bond acceptors (Lipinski definition) is 6. The molecule has 2 N–H and O–H groups in total. The zero-order valence-electron chi connectivity index (χ0n) is 30.2. The zero-order valence-corrected chi connectivity index (χ0v) is 30.2. The number of nitrogens with zero attached hydrogens (tertiary/aromatic N) is 4. The van der Waals surface area contributed by atoms with Crippen LogP contribution in [0.5, 0.6) is 0 Å². The smallest absolute Gasteiger partial charge is 0.411 e. The molecule has 268 valence electrons. The highest BCUT2D eigenvalue weighted by molar-refractivity contribution is 5.78. The highest BCUT2D eigenvalue weighted by Crippen LogP contribution is 2.54. The third-order valence-electron chi connectivity index (χ3n) is 11.5. The summed E-state index contributed by atoms with van der Waals surface area (Å²) in [7, 11) is 0. The molecule has 53 heavy (non-hydrogen) atoms. The number of fused-ring (bicyclic) bond motifs is 6. The van der Waals surface area contributed by atoms with Gasteiger partial charge in [-0.05, 0) is 113 Å². The Kier molecular flexibility index (Phi) is 7.26. The minimum absolute atomic E-state index is 0.0998. The van der Waals surface area contributed by atoms with E-state index in [0.29, 0.717) is 11.8 Å². The van der Waals surface area contributed by atoms with E-state index in [9.17, 15) is 9.59 Å². The molecule has 2 aromatic heterocycles. The molecule has 2 amide bonds. The number of H-pyrrole nitrogens is 2. The molecule has 4 fully saturated rings. The summed E-state index contributed by atoms with van der Waals surface area (Å²) in [4.78, 5) is 47.3. The molecular weight excluding hydrogens is 665 g/mol. The van der Waals surface area contributed by atoms with Crippen LogP contribution in [0.15, 0.2) is 66.7 Å². The van der Waals surface area contributed by atoms with Crippen molar-refractivity contribution in [2.45, 2.75) is 95.7 Å². The number of aryl methyl sites for hydroxylation is 2. The van der Waals surface area contributed by atoms with Gasteiger partial charge in [0.15, 0.2) is 0 Å². The summed E-state index contributed by atoms with van der Waals surface area (Å²) in [5.74, 6) is 9.43. The van der Waals surface area contributed by atoms with E-state index >= 15 is 0 Å². The maximum Gasteiger partial charge on any atom is 0.411 e. The molecule has 2 saturated heterocycles. The average molecular weight is 707 g/mol. The van der Waals surface area contributed by atoms with E-state index in [0.717, 1.165) is 94.8 Å². The standard InChI is InChI=1S/C43H42N6O4/c1-43(2,3)53-42(51)49-35-20-29(35)21-36(49)39-44-31-15-12-25(18-33(31)46-39)10-9-24-11-14-30-27(17-24)13-16-32-38(30)47-40(45-32)37-22-28-19-34(28)48(37)41(50)52-23-26-7-5-4-6-8-26/h4-8,11-12,14-15,17-18,28-29,34-37H,13,16,19-23H2,1-3H3,(H,44,46)(H,45,47)/t28-,29?,34-,35?,36+,37+/m1/s1. The van der Waals surface area contributed by atoms with Gasteiger partial charge in [0.05, 0.1) is 28.8 Å². The van der Waals surface area contributed by atoms with Crippen LogP contribution >= 0.6 is 0 Å². The van der Waals surface area contributed by atoms with Crippen LogP contribution in [0.25, 0.3) is 22.3 Å². The van der Waals surface area contributed by atoms with Crippen molar-refractivity contribution in [3.05, 3.63) is 106 Å². The van der Waals surface area contributed by atoms with Crippen molar-refractivity contribution >= 4 is 23.2 Å². The van der Waals surface area contributed by atoms with Gasteiger partial charge >= 0.3 is 12.2 Å². The molecule has 10 nitrogen and oxygen atoms in total. The van der Waals surface area contributed by atoms with Gasteiger partial charge in [-0.15, -0.1) is 0 Å². The summed E-state index contributed by atoms with van der Waals surface area (Å²) in [6.07, 6.45) is 5.12. The number of aromatic nitrogens is 4. The van der Waals surface area contributed by atoms with Crippen molar-refractivity contribution in [3.63, 3.8) is 0 Å². The highest BCUT2D eigenvalue weighted by Gasteiger charge is 2.57. The average Bonchev–Trinajstić information content (AvgIpc) is 3.79. The monoisotopic (exact) mass is 706 g/mol. The van der Waals surface area contributed by atoms with Gasteiger partial charge in [-0.25, -0.2) is 19.6 Å². The number of ether oxygens (including phenoxy) is 2. The van der Waals surface area contributed by atoms with Crippen molar-refractivity contribution in [2.75, 3.05) is 0 Å². The maximum absolute atomic E-state index is 13.3. The number of carbonyl (C=O) groups excluding carboxylic acids is 2. The highest BCUT2D eigenvalue weighted by atomic mass is 16.6. The molecule has 0 bridgehead atoms. The van der Waals surface area contributed by atoms with E-state index in [1.807, 2.05) is 79.1 Å². The minimum atomic E-state index is -0.543. The van der Waals surface area contributed by atoms with Gasteiger partial charge in [-0.3, -0.25) is 9.80 Å². The lowest BCUT2D eigenvalue weighted by Gasteiger charge is -2.29. The Morgan fingerprint density at radius 3 is 2.21 bits per heavy atom. The summed E-state index contributed by atoms with van der Waals surface area (Å²) in [5.41, 5.74) is 8.51. The summed E-state index contributed by atoms with van der Waals surface area (Å²) < 4.78 is 11.5. The van der Waals surface area contributed by atoms with Crippen LogP contribution in [0.3, 0.4) is 0 Å². The van der Waals surface area contributed by atoms with E-state index in [4.69, 9.17) is 19.4 Å². The van der Waals surface area contributed by atoms with Crippen molar-refractivity contribution in [3.8, 4) is 23.1 Å². The third-order valence-corrected chi connectivity index (χ3v) is 11.5. The summed E-state index contributed by atoms with van der Waals surface area (Å²) in [6.45, 7) is 5.98. The Morgan fingerprint density at radius 1 is 0.792 bits per heavy atom. The Hall–Kier alpha value is -5.56. The number of aromatic amines is 2. The Labute approximate surface area is 308 Å². The second-order valence-corrected chi connectivity index (χ2v) is 16.4. The quantitative estimate of drug-likeness (QED) is 0.183. The van der Waals surface area contributed by atoms with Gasteiger partial charge in [0.25, 0.3) is 0 Å². The number of rotatable bonds is 4. The summed E-state index contributed by atoms with van der Waals surface area (Å²) in [5, 5.41) is 0. The molecule has 3 aromatic carbocycles. The first kappa shape index (κ1) is 32.1. The molecule has 2 saturated carbocycles. The van der Waals surface area contributed by atoms with E-state index in [-0.39, 0.29) is 43.0 Å². The SMILES string of the molecule is CC(C)(C)OC(=O)N1C2CC2C[C@H]1c1nc2ccc(C#Cc3ccc4c(c3)CCc3[nH]c([C@@H]5C[C@H]6C[C@H]6N5C(=O)OCc5ccccc5)nc3-4)cc2[nH]1. The summed E-state index contributed by atoms with van der Waals surface area (Å²) >= 11 is 0. The Balaban J connectivity index is 0.847. The van der Waals surface area contributed by atoms with Crippen LogP contribution in [-0.4, -0.2) is 59.6 Å². The number of amides is 2. The lowest BCUT2D eigenvalue weighted by Crippen LogP contribution is -2.38. The molecule has 10 heteroatoms. The van der Waals surface area contributed by atoms with Gasteiger partial charge in [0.1, 0.15) is 23.9 Å². The topological polar surface area (TPSA) is 116 Å². The number of benzene rings is 3. The molecule has 5 aromatic rings. The normalized spacial score (nSPS) is 24.8. The first-order chi connectivity index (χ1) is 25.6. The molecular formula is C43H42N6O4. The lowest BCUT2D eigenvalue weighted by atomic mass is 9.91. The van der Waals surface area contributed by atoms with E-state index in [1.54, 1.807) is 0 Å². The molecule has 2 aliphatic heterocycles. The van der Waals surface area contributed by atoms with Crippen LogP contribution in [0, 0.1) is 23.7 Å². The zero-order chi connectivity index (χ0) is 36.0. The fraction of sp³-hybridized carbons (Fsp3) is 0.395. The van der Waals surface area contributed by atoms with E-state index in [1.165, 1.54) is 5.56 Å². The Bertz CT molecular complexity index is 2340. The van der Waals surface area contributed by atoms with Crippen LogP contribution in [0.2, 0.25) is 0 Å². The van der Waals surface area contributed by atoms with Gasteiger partial charge < -0.3 is 19.4 Å². The lowest BCUT2D eigenvalue weighted by molar-refractivity contribution is 0.0175. The fourth-order valence-corrected chi connectivity index (χ4v) is 8.80.